The highest BCUT2D eigenvalue weighted by Crippen LogP contribution is 2.15. The molecule has 0 bridgehead atoms. The standard InChI is InChI=1S/C13H10BrClN2O4/c14-11-6-5-10(21-11)13(19)17-16-12(18)7-20-9-3-1-8(15)2-4-9/h1-6H,7H2,(H,16,18)(H,17,19). The lowest BCUT2D eigenvalue weighted by atomic mass is 10.3. The minimum absolute atomic E-state index is 0.0702. The molecule has 1 heterocycles. The van der Waals surface area contributed by atoms with Gasteiger partial charge in [0, 0.05) is 5.02 Å². The maximum absolute atomic E-state index is 11.6. The summed E-state index contributed by atoms with van der Waals surface area (Å²) in [7, 11) is 0. The maximum atomic E-state index is 11.6. The molecule has 1 aromatic carbocycles. The van der Waals surface area contributed by atoms with E-state index in [0.717, 1.165) is 0 Å². The number of carbonyl (C=O) groups is 2. The molecule has 0 aliphatic rings. The zero-order chi connectivity index (χ0) is 15.2. The third-order valence-electron chi connectivity index (χ3n) is 2.30. The van der Waals surface area contributed by atoms with E-state index in [1.54, 1.807) is 30.3 Å². The molecule has 0 atom stereocenters. The molecule has 21 heavy (non-hydrogen) atoms. The van der Waals surface area contributed by atoms with Crippen LogP contribution >= 0.6 is 27.5 Å². The van der Waals surface area contributed by atoms with Crippen LogP contribution in [0.3, 0.4) is 0 Å². The van der Waals surface area contributed by atoms with Crippen LogP contribution in [0.2, 0.25) is 5.02 Å². The summed E-state index contributed by atoms with van der Waals surface area (Å²) in [5, 5.41) is 0.573. The van der Waals surface area contributed by atoms with Crippen LogP contribution in [0.4, 0.5) is 0 Å². The highest BCUT2D eigenvalue weighted by atomic mass is 79.9. The second-order valence-corrected chi connectivity index (χ2v) is 5.07. The quantitative estimate of drug-likeness (QED) is 0.807. The molecule has 0 aliphatic heterocycles. The van der Waals surface area contributed by atoms with E-state index in [1.807, 2.05) is 0 Å². The summed E-state index contributed by atoms with van der Waals surface area (Å²) in [4.78, 5) is 23.1. The van der Waals surface area contributed by atoms with Gasteiger partial charge in [-0.2, -0.15) is 0 Å². The van der Waals surface area contributed by atoms with Gasteiger partial charge in [0.1, 0.15) is 5.75 Å². The Balaban J connectivity index is 1.74. The SMILES string of the molecule is O=C(COc1ccc(Cl)cc1)NNC(=O)c1ccc(Br)o1. The number of hydrogen-bond acceptors (Lipinski definition) is 4. The van der Waals surface area contributed by atoms with Gasteiger partial charge in [-0.05, 0) is 52.3 Å². The van der Waals surface area contributed by atoms with Crippen molar-refractivity contribution in [3.63, 3.8) is 0 Å². The Morgan fingerprint density at radius 2 is 1.86 bits per heavy atom. The summed E-state index contributed by atoms with van der Waals surface area (Å²) in [5.41, 5.74) is 4.41. The molecule has 2 amide bonds. The molecule has 8 heteroatoms. The van der Waals surface area contributed by atoms with Gasteiger partial charge < -0.3 is 9.15 Å². The zero-order valence-corrected chi connectivity index (χ0v) is 12.9. The Morgan fingerprint density at radius 1 is 1.14 bits per heavy atom. The van der Waals surface area contributed by atoms with Crippen molar-refractivity contribution in [1.29, 1.82) is 0 Å². The average Bonchev–Trinajstić information content (AvgIpc) is 2.91. The number of ether oxygens (including phenoxy) is 1. The smallest absolute Gasteiger partial charge is 0.305 e. The highest BCUT2D eigenvalue weighted by molar-refractivity contribution is 9.10. The van der Waals surface area contributed by atoms with Crippen molar-refractivity contribution in [2.24, 2.45) is 0 Å². The summed E-state index contributed by atoms with van der Waals surface area (Å²) in [6.45, 7) is -0.246. The summed E-state index contributed by atoms with van der Waals surface area (Å²) < 4.78 is 10.7. The van der Waals surface area contributed by atoms with Crippen LogP contribution in [0.5, 0.6) is 5.75 Å². The molecule has 6 nitrogen and oxygen atoms in total. The van der Waals surface area contributed by atoms with Crippen LogP contribution in [0.1, 0.15) is 10.6 Å². The summed E-state index contributed by atoms with van der Waals surface area (Å²) in [6.07, 6.45) is 0. The minimum atomic E-state index is -0.569. The summed E-state index contributed by atoms with van der Waals surface area (Å²) >= 11 is 8.80. The number of furan rings is 1. The van der Waals surface area contributed by atoms with E-state index in [1.165, 1.54) is 6.07 Å². The van der Waals surface area contributed by atoms with Gasteiger partial charge in [0.05, 0.1) is 0 Å². The van der Waals surface area contributed by atoms with E-state index in [9.17, 15) is 9.59 Å². The van der Waals surface area contributed by atoms with E-state index in [-0.39, 0.29) is 12.4 Å². The van der Waals surface area contributed by atoms with Gasteiger partial charge in [0.25, 0.3) is 5.91 Å². The molecule has 0 fully saturated rings. The van der Waals surface area contributed by atoms with E-state index < -0.39 is 11.8 Å². The second-order valence-electron chi connectivity index (χ2n) is 3.85. The number of benzene rings is 1. The topological polar surface area (TPSA) is 80.6 Å². The third-order valence-corrected chi connectivity index (χ3v) is 2.97. The molecule has 0 aliphatic carbocycles. The molecule has 2 aromatic rings. The molecule has 0 radical (unpaired) electrons. The fraction of sp³-hybridized carbons (Fsp3) is 0.0769. The van der Waals surface area contributed by atoms with Crippen LogP contribution in [-0.2, 0) is 4.79 Å². The Morgan fingerprint density at radius 3 is 2.48 bits per heavy atom. The predicted molar refractivity (Wildman–Crippen MR) is 79.0 cm³/mol. The lowest BCUT2D eigenvalue weighted by Gasteiger charge is -2.07. The van der Waals surface area contributed by atoms with E-state index >= 15 is 0 Å². The minimum Gasteiger partial charge on any atom is -0.484 e. The van der Waals surface area contributed by atoms with Gasteiger partial charge in [-0.25, -0.2) is 0 Å². The molecule has 0 saturated heterocycles. The van der Waals surface area contributed by atoms with Crippen molar-refractivity contribution in [3.8, 4) is 5.75 Å². The van der Waals surface area contributed by atoms with Crippen molar-refractivity contribution in [3.05, 3.63) is 51.9 Å². The molecule has 1 aromatic heterocycles. The Bertz CT molecular complexity index is 642. The highest BCUT2D eigenvalue weighted by Gasteiger charge is 2.11. The zero-order valence-electron chi connectivity index (χ0n) is 10.6. The fourth-order valence-corrected chi connectivity index (χ4v) is 1.77. The number of amides is 2. The number of halogens is 2. The first-order valence-electron chi connectivity index (χ1n) is 5.77. The molecule has 2 N–H and O–H groups in total. The number of rotatable bonds is 4. The fourth-order valence-electron chi connectivity index (χ4n) is 1.34. The lowest BCUT2D eigenvalue weighted by Crippen LogP contribution is -2.43. The van der Waals surface area contributed by atoms with Gasteiger partial charge in [-0.15, -0.1) is 0 Å². The Hall–Kier alpha value is -1.99. The van der Waals surface area contributed by atoms with Crippen LogP contribution < -0.4 is 15.6 Å². The molecule has 0 unspecified atom stereocenters. The van der Waals surface area contributed by atoms with Crippen LogP contribution in [-0.4, -0.2) is 18.4 Å². The number of hydrazine groups is 1. The van der Waals surface area contributed by atoms with E-state index in [4.69, 9.17) is 20.8 Å². The Kier molecular flexibility index (Phi) is 5.24. The average molecular weight is 374 g/mol. The second kappa shape index (κ2) is 7.14. The Labute approximate surface area is 133 Å². The molecular weight excluding hydrogens is 364 g/mol. The largest absolute Gasteiger partial charge is 0.484 e. The summed E-state index contributed by atoms with van der Waals surface area (Å²) in [5.74, 6) is -0.513. The lowest BCUT2D eigenvalue weighted by molar-refractivity contribution is -0.123. The predicted octanol–water partition coefficient (Wildman–Crippen LogP) is 2.54. The number of hydrogen-bond donors (Lipinski definition) is 2. The van der Waals surface area contributed by atoms with Crippen molar-refractivity contribution in [1.82, 2.24) is 10.9 Å². The first kappa shape index (κ1) is 15.4. The van der Waals surface area contributed by atoms with Gasteiger partial charge in [-0.1, -0.05) is 11.6 Å². The van der Waals surface area contributed by atoms with Gasteiger partial charge >= 0.3 is 5.91 Å². The molecule has 0 spiro atoms. The van der Waals surface area contributed by atoms with Gasteiger partial charge in [-0.3, -0.25) is 20.4 Å². The normalized spacial score (nSPS) is 10.0. The van der Waals surface area contributed by atoms with Gasteiger partial charge in [0.2, 0.25) is 0 Å². The number of nitrogens with one attached hydrogen (secondary N) is 2. The van der Waals surface area contributed by atoms with Crippen molar-refractivity contribution < 1.29 is 18.7 Å². The summed E-state index contributed by atoms with van der Waals surface area (Å²) in [6, 6.07) is 9.59. The number of carbonyl (C=O) groups excluding carboxylic acids is 2. The molecule has 110 valence electrons. The maximum Gasteiger partial charge on any atom is 0.305 e. The molecular formula is C13H10BrClN2O4. The van der Waals surface area contributed by atoms with E-state index in [2.05, 4.69) is 26.8 Å². The van der Waals surface area contributed by atoms with Crippen molar-refractivity contribution >= 4 is 39.3 Å². The first-order valence-corrected chi connectivity index (χ1v) is 6.94. The van der Waals surface area contributed by atoms with Crippen molar-refractivity contribution in [2.75, 3.05) is 6.61 Å². The molecule has 2 rings (SSSR count). The monoisotopic (exact) mass is 372 g/mol. The van der Waals surface area contributed by atoms with Crippen LogP contribution in [0, 0.1) is 0 Å². The third kappa shape index (κ3) is 4.80. The molecule has 0 saturated carbocycles. The van der Waals surface area contributed by atoms with Crippen LogP contribution in [0.15, 0.2) is 45.5 Å². The van der Waals surface area contributed by atoms with Crippen LogP contribution in [0.25, 0.3) is 0 Å². The van der Waals surface area contributed by atoms with E-state index in [0.29, 0.717) is 15.4 Å². The van der Waals surface area contributed by atoms with Crippen molar-refractivity contribution in [2.45, 2.75) is 0 Å². The first-order chi connectivity index (χ1) is 10.0. The van der Waals surface area contributed by atoms with Gasteiger partial charge in [0.15, 0.2) is 17.0 Å².